The summed E-state index contributed by atoms with van der Waals surface area (Å²) in [6.45, 7) is 6.55. The summed E-state index contributed by atoms with van der Waals surface area (Å²) in [6.07, 6.45) is 4.50. The van der Waals surface area contributed by atoms with Crippen LogP contribution in [0.5, 0.6) is 0 Å². The number of hydrogen-bond acceptors (Lipinski definition) is 4. The van der Waals surface area contributed by atoms with Crippen molar-refractivity contribution in [3.05, 3.63) is 69.7 Å². The molecule has 0 spiro atoms. The minimum atomic E-state index is 0.0320. The summed E-state index contributed by atoms with van der Waals surface area (Å²) in [4.78, 5) is 26.5. The van der Waals surface area contributed by atoms with Crippen LogP contribution in [-0.4, -0.2) is 26.4 Å². The molecule has 25 heavy (non-hydrogen) atoms. The maximum atomic E-state index is 12.3. The number of hydrogen-bond donors (Lipinski definition) is 1. The minimum Gasteiger partial charge on any atom is -0.310 e. The van der Waals surface area contributed by atoms with Gasteiger partial charge in [-0.2, -0.15) is 0 Å². The fraction of sp³-hybridized carbons (Fsp3) is 0.350. The minimum absolute atomic E-state index is 0.0320. The number of nitrogens with one attached hydrogen (secondary N) is 1. The molecule has 3 heterocycles. The van der Waals surface area contributed by atoms with Crippen molar-refractivity contribution in [2.45, 2.75) is 39.3 Å². The molecule has 2 aromatic heterocycles. The first kappa shape index (κ1) is 16.0. The smallest absolute Gasteiger partial charge is 0.254 e. The Morgan fingerprint density at radius 1 is 1.28 bits per heavy atom. The van der Waals surface area contributed by atoms with Gasteiger partial charge in [0.25, 0.3) is 5.56 Å². The van der Waals surface area contributed by atoms with Crippen LogP contribution < -0.4 is 5.56 Å². The molecule has 0 unspecified atom stereocenters. The molecular formula is C20H22N4O. The molecule has 0 saturated carbocycles. The maximum absolute atomic E-state index is 12.3. The molecule has 0 radical (unpaired) electrons. The second kappa shape index (κ2) is 6.41. The number of nitrogens with zero attached hydrogens (tertiary/aromatic N) is 3. The molecule has 3 aromatic rings. The first-order valence-corrected chi connectivity index (χ1v) is 8.78. The number of fused-ring (bicyclic) bond motifs is 2. The second-order valence-corrected chi connectivity index (χ2v) is 7.01. The topological polar surface area (TPSA) is 61.9 Å². The number of aromatic nitrogens is 3. The van der Waals surface area contributed by atoms with Gasteiger partial charge in [-0.15, -0.1) is 0 Å². The molecular weight excluding hydrogens is 312 g/mol. The molecule has 5 heteroatoms. The van der Waals surface area contributed by atoms with E-state index < -0.39 is 0 Å². The molecule has 1 aliphatic heterocycles. The van der Waals surface area contributed by atoms with Gasteiger partial charge in [0, 0.05) is 48.9 Å². The third-order valence-electron chi connectivity index (χ3n) is 4.88. The number of pyridine rings is 1. The Bertz CT molecular complexity index is 972. The molecule has 0 atom stereocenters. The zero-order valence-corrected chi connectivity index (χ0v) is 14.6. The van der Waals surface area contributed by atoms with E-state index in [1.807, 2.05) is 12.4 Å². The van der Waals surface area contributed by atoms with E-state index in [-0.39, 0.29) is 11.5 Å². The van der Waals surface area contributed by atoms with Crippen molar-refractivity contribution in [2.24, 2.45) is 0 Å². The highest BCUT2D eigenvalue weighted by atomic mass is 16.1. The highest BCUT2D eigenvalue weighted by Gasteiger charge is 2.22. The first-order valence-electron chi connectivity index (χ1n) is 8.78. The summed E-state index contributed by atoms with van der Waals surface area (Å²) in [5.74, 6) is 1.00. The summed E-state index contributed by atoms with van der Waals surface area (Å²) < 4.78 is 0. The fourth-order valence-electron chi connectivity index (χ4n) is 3.49. The van der Waals surface area contributed by atoms with Crippen LogP contribution in [0.1, 0.15) is 42.4 Å². The van der Waals surface area contributed by atoms with Gasteiger partial charge >= 0.3 is 0 Å². The monoisotopic (exact) mass is 334 g/mol. The molecule has 0 aliphatic carbocycles. The lowest BCUT2D eigenvalue weighted by molar-refractivity contribution is 0.240. The van der Waals surface area contributed by atoms with Crippen LogP contribution in [0.4, 0.5) is 0 Å². The van der Waals surface area contributed by atoms with Crippen molar-refractivity contribution in [1.82, 2.24) is 19.9 Å². The van der Waals surface area contributed by atoms with Crippen LogP contribution in [-0.2, 0) is 19.5 Å². The van der Waals surface area contributed by atoms with Gasteiger partial charge < -0.3 is 4.98 Å². The highest BCUT2D eigenvalue weighted by Crippen LogP contribution is 2.22. The number of aromatic amines is 1. The third kappa shape index (κ3) is 3.07. The van der Waals surface area contributed by atoms with Crippen molar-refractivity contribution in [3.8, 4) is 0 Å². The second-order valence-electron chi connectivity index (χ2n) is 7.01. The fourth-order valence-corrected chi connectivity index (χ4v) is 3.49. The lowest BCUT2D eigenvalue weighted by atomic mass is 10.0. The number of rotatable bonds is 3. The molecule has 5 nitrogen and oxygen atoms in total. The molecule has 1 aromatic carbocycles. The standard InChI is InChI=1S/C20H22N4O/c1-13(2)19-22-18-12-24(9-7-17(18)20(25)23-19)11-15-5-3-4-14-10-21-8-6-16(14)15/h3-6,8,10,13H,7,9,11-12H2,1-2H3,(H,22,23,25). The van der Waals surface area contributed by atoms with Gasteiger partial charge in [-0.3, -0.25) is 14.7 Å². The predicted molar refractivity (Wildman–Crippen MR) is 98.5 cm³/mol. The van der Waals surface area contributed by atoms with Crippen LogP contribution >= 0.6 is 0 Å². The van der Waals surface area contributed by atoms with Gasteiger partial charge in [0.2, 0.25) is 0 Å². The Kier molecular flexibility index (Phi) is 4.09. The van der Waals surface area contributed by atoms with Gasteiger partial charge in [-0.1, -0.05) is 32.0 Å². The highest BCUT2D eigenvalue weighted by molar-refractivity contribution is 5.84. The average Bonchev–Trinajstić information content (AvgIpc) is 2.61. The van der Waals surface area contributed by atoms with Crippen LogP contribution in [0.25, 0.3) is 10.8 Å². The summed E-state index contributed by atoms with van der Waals surface area (Å²) in [6, 6.07) is 8.41. The number of benzene rings is 1. The Morgan fingerprint density at radius 2 is 2.16 bits per heavy atom. The first-order chi connectivity index (χ1) is 12.1. The Morgan fingerprint density at radius 3 is 3.00 bits per heavy atom. The lowest BCUT2D eigenvalue weighted by Crippen LogP contribution is -2.35. The zero-order chi connectivity index (χ0) is 17.4. The number of H-pyrrole nitrogens is 1. The average molecular weight is 334 g/mol. The molecule has 128 valence electrons. The zero-order valence-electron chi connectivity index (χ0n) is 14.6. The van der Waals surface area contributed by atoms with Crippen LogP contribution in [0.15, 0.2) is 41.5 Å². The van der Waals surface area contributed by atoms with Crippen molar-refractivity contribution < 1.29 is 0 Å². The van der Waals surface area contributed by atoms with E-state index in [9.17, 15) is 4.79 Å². The maximum Gasteiger partial charge on any atom is 0.254 e. The summed E-state index contributed by atoms with van der Waals surface area (Å²) in [5, 5.41) is 2.40. The quantitative estimate of drug-likeness (QED) is 0.800. The third-order valence-corrected chi connectivity index (χ3v) is 4.88. The Hall–Kier alpha value is -2.53. The summed E-state index contributed by atoms with van der Waals surface area (Å²) in [7, 11) is 0. The molecule has 0 bridgehead atoms. The predicted octanol–water partition coefficient (Wildman–Crippen LogP) is 3.00. The molecule has 1 N–H and O–H groups in total. The van der Waals surface area contributed by atoms with Gasteiger partial charge in [-0.25, -0.2) is 4.98 Å². The van der Waals surface area contributed by atoms with E-state index in [0.717, 1.165) is 48.5 Å². The molecule has 0 fully saturated rings. The van der Waals surface area contributed by atoms with Gasteiger partial charge in [0.15, 0.2) is 0 Å². The van der Waals surface area contributed by atoms with Crippen LogP contribution in [0, 0.1) is 0 Å². The largest absolute Gasteiger partial charge is 0.310 e. The summed E-state index contributed by atoms with van der Waals surface area (Å²) in [5.41, 5.74) is 3.10. The van der Waals surface area contributed by atoms with E-state index in [2.05, 4.69) is 53.0 Å². The lowest BCUT2D eigenvalue weighted by Gasteiger charge is -2.28. The van der Waals surface area contributed by atoms with Gasteiger partial charge in [0.05, 0.1) is 5.69 Å². The van der Waals surface area contributed by atoms with Crippen molar-refractivity contribution in [3.63, 3.8) is 0 Å². The Balaban J connectivity index is 1.63. The Labute approximate surface area is 146 Å². The van der Waals surface area contributed by atoms with E-state index in [1.165, 1.54) is 10.9 Å². The molecule has 0 amide bonds. The van der Waals surface area contributed by atoms with Gasteiger partial charge in [-0.05, 0) is 23.4 Å². The summed E-state index contributed by atoms with van der Waals surface area (Å²) >= 11 is 0. The van der Waals surface area contributed by atoms with Gasteiger partial charge in [0.1, 0.15) is 5.82 Å². The van der Waals surface area contributed by atoms with E-state index in [0.29, 0.717) is 0 Å². The van der Waals surface area contributed by atoms with E-state index >= 15 is 0 Å². The molecule has 4 rings (SSSR count). The van der Waals surface area contributed by atoms with Crippen molar-refractivity contribution >= 4 is 10.8 Å². The molecule has 1 aliphatic rings. The van der Waals surface area contributed by atoms with Crippen molar-refractivity contribution in [2.75, 3.05) is 6.54 Å². The van der Waals surface area contributed by atoms with Crippen LogP contribution in [0.3, 0.4) is 0 Å². The SMILES string of the molecule is CC(C)c1nc2c(c(=O)[nH]1)CCN(Cc1cccc3cnccc13)C2. The normalized spacial score (nSPS) is 14.8. The van der Waals surface area contributed by atoms with E-state index in [1.54, 1.807) is 0 Å². The molecule has 0 saturated heterocycles. The van der Waals surface area contributed by atoms with Crippen LogP contribution in [0.2, 0.25) is 0 Å². The van der Waals surface area contributed by atoms with Crippen molar-refractivity contribution in [1.29, 1.82) is 0 Å². The van der Waals surface area contributed by atoms with E-state index in [4.69, 9.17) is 4.98 Å².